The number of amides is 7. The summed E-state index contributed by atoms with van der Waals surface area (Å²) in [5.74, 6) is -2.75. The van der Waals surface area contributed by atoms with Crippen molar-refractivity contribution in [1.29, 1.82) is 0 Å². The van der Waals surface area contributed by atoms with Crippen molar-refractivity contribution >= 4 is 70.0 Å². The summed E-state index contributed by atoms with van der Waals surface area (Å²) < 4.78 is 7.61. The summed E-state index contributed by atoms with van der Waals surface area (Å²) in [5, 5.41) is 20.7. The van der Waals surface area contributed by atoms with E-state index in [2.05, 4.69) is 31.5 Å². The topological polar surface area (TPSA) is 223 Å². The van der Waals surface area contributed by atoms with Crippen molar-refractivity contribution in [2.45, 2.75) is 77.4 Å². The predicted molar refractivity (Wildman–Crippen MR) is 219 cm³/mol. The summed E-state index contributed by atoms with van der Waals surface area (Å²) in [7, 11) is 1.49. The molecule has 1 saturated heterocycles. The highest BCUT2D eigenvalue weighted by atomic mass is 35.5. The number of aromatic nitrogens is 3. The zero-order chi connectivity index (χ0) is 42.8. The number of likely N-dealkylation sites (N-methyl/N-ethyl adjacent to an activating group) is 1. The van der Waals surface area contributed by atoms with Gasteiger partial charge in [-0.2, -0.15) is 0 Å². The molecule has 60 heavy (non-hydrogen) atoms. The molecule has 3 atom stereocenters. The number of ether oxygens (including phenoxy) is 1. The van der Waals surface area contributed by atoms with Crippen LogP contribution in [0.4, 0.5) is 0 Å². The molecule has 1 fully saturated rings. The molecule has 2 aromatic heterocycles. The van der Waals surface area contributed by atoms with Gasteiger partial charge >= 0.3 is 0 Å². The molecule has 312 valence electrons. The molecule has 3 aliphatic heterocycles. The first-order valence-corrected chi connectivity index (χ1v) is 20.6. The van der Waals surface area contributed by atoms with Crippen molar-refractivity contribution in [2.75, 3.05) is 20.2 Å². The lowest BCUT2D eigenvalue weighted by Gasteiger charge is -2.27. The number of hydrogen-bond acceptors (Lipinski definition) is 12. The highest BCUT2D eigenvalue weighted by molar-refractivity contribution is 7.15. The molecule has 0 saturated carbocycles. The molecule has 0 spiro atoms. The van der Waals surface area contributed by atoms with Crippen molar-refractivity contribution in [2.24, 2.45) is 4.99 Å². The number of rotatable bonds is 14. The molecule has 7 rings (SSSR count). The Bertz CT molecular complexity index is 2460. The number of unbranched alkanes of at least 4 members (excludes halogenated alkanes) is 1. The quantitative estimate of drug-likeness (QED) is 0.107. The van der Waals surface area contributed by atoms with Gasteiger partial charge in [0, 0.05) is 41.0 Å². The molecule has 3 aliphatic rings. The summed E-state index contributed by atoms with van der Waals surface area (Å²) in [5.41, 5.74) is 3.50. The van der Waals surface area contributed by atoms with Crippen LogP contribution in [0.1, 0.15) is 98.5 Å². The fourth-order valence-corrected chi connectivity index (χ4v) is 8.84. The van der Waals surface area contributed by atoms with E-state index in [-0.39, 0.29) is 55.0 Å². The van der Waals surface area contributed by atoms with Gasteiger partial charge in [0.1, 0.15) is 34.7 Å². The highest BCUT2D eigenvalue weighted by Crippen LogP contribution is 2.40. The van der Waals surface area contributed by atoms with Gasteiger partial charge in [0.2, 0.25) is 23.6 Å². The van der Waals surface area contributed by atoms with Crippen LogP contribution in [-0.2, 0) is 24.0 Å². The molecule has 7 amide bonds. The third-order valence-corrected chi connectivity index (χ3v) is 12.1. The monoisotopic (exact) mass is 855 g/mol. The van der Waals surface area contributed by atoms with Crippen LogP contribution in [0.2, 0.25) is 5.02 Å². The van der Waals surface area contributed by atoms with Crippen LogP contribution in [0.15, 0.2) is 47.5 Å². The van der Waals surface area contributed by atoms with Gasteiger partial charge in [-0.3, -0.25) is 53.3 Å². The Morgan fingerprint density at radius 2 is 1.75 bits per heavy atom. The largest absolute Gasteiger partial charge is 0.483 e. The van der Waals surface area contributed by atoms with E-state index >= 15 is 0 Å². The summed E-state index contributed by atoms with van der Waals surface area (Å²) >= 11 is 7.83. The first-order valence-electron chi connectivity index (χ1n) is 19.4. The number of carbonyl (C=O) groups is 7. The lowest BCUT2D eigenvalue weighted by molar-refractivity contribution is -0.136. The van der Waals surface area contributed by atoms with Gasteiger partial charge in [-0.25, -0.2) is 0 Å². The van der Waals surface area contributed by atoms with Crippen molar-refractivity contribution < 1.29 is 38.3 Å². The Hall–Kier alpha value is -6.27. The molecule has 17 nitrogen and oxygen atoms in total. The average Bonchev–Trinajstić information content (AvgIpc) is 3.80. The van der Waals surface area contributed by atoms with Crippen molar-refractivity contribution in [1.82, 2.24) is 40.9 Å². The van der Waals surface area contributed by atoms with Gasteiger partial charge in [0.05, 0.1) is 23.3 Å². The van der Waals surface area contributed by atoms with Gasteiger partial charge in [0.15, 0.2) is 12.4 Å². The number of imide groups is 2. The van der Waals surface area contributed by atoms with Crippen LogP contribution in [-0.4, -0.2) is 99.0 Å². The number of hydrogen-bond donors (Lipinski definition) is 4. The molecule has 2 unspecified atom stereocenters. The Kier molecular flexibility index (Phi) is 12.2. The molecular formula is C41H42ClN9O8S. The summed E-state index contributed by atoms with van der Waals surface area (Å²) in [4.78, 5) is 96.9. The number of aryl methyl sites for hydroxylation is 2. The summed E-state index contributed by atoms with van der Waals surface area (Å²) in [6, 6.07) is 9.04. The summed E-state index contributed by atoms with van der Waals surface area (Å²) in [6.45, 7) is 5.71. The fraction of sp³-hybridized carbons (Fsp3) is 0.366. The summed E-state index contributed by atoms with van der Waals surface area (Å²) in [6.07, 6.45) is 1.10. The predicted octanol–water partition coefficient (Wildman–Crippen LogP) is 3.19. The molecule has 4 N–H and O–H groups in total. The number of aliphatic imine (C=N–C) groups is 1. The van der Waals surface area contributed by atoms with E-state index in [1.165, 1.54) is 25.2 Å². The second-order valence-corrected chi connectivity index (χ2v) is 16.2. The van der Waals surface area contributed by atoms with E-state index in [0.717, 1.165) is 31.5 Å². The number of thiophene rings is 1. The van der Waals surface area contributed by atoms with Gasteiger partial charge in [-0.15, -0.1) is 21.5 Å². The van der Waals surface area contributed by atoms with Crippen LogP contribution in [0.25, 0.3) is 5.00 Å². The minimum atomic E-state index is -1.14. The molecule has 0 radical (unpaired) electrons. The number of carbonyl (C=O) groups excluding carboxylic acids is 7. The van der Waals surface area contributed by atoms with Crippen LogP contribution in [0, 0.1) is 20.8 Å². The van der Waals surface area contributed by atoms with Crippen molar-refractivity contribution in [3.8, 4) is 10.8 Å². The number of halogens is 1. The third-order valence-electron chi connectivity index (χ3n) is 10.7. The van der Waals surface area contributed by atoms with E-state index in [4.69, 9.17) is 21.3 Å². The fourth-order valence-electron chi connectivity index (χ4n) is 7.50. The number of fused-ring (bicyclic) bond motifs is 4. The first kappa shape index (κ1) is 41.9. The van der Waals surface area contributed by atoms with E-state index in [1.54, 1.807) is 23.5 Å². The Balaban J connectivity index is 0.942. The van der Waals surface area contributed by atoms with Crippen molar-refractivity contribution in [3.63, 3.8) is 0 Å². The van der Waals surface area contributed by atoms with E-state index in [1.807, 2.05) is 37.5 Å². The molecule has 19 heteroatoms. The number of piperidine rings is 1. The highest BCUT2D eigenvalue weighted by Gasteiger charge is 2.46. The maximum Gasteiger partial charge on any atom is 0.266 e. The molecule has 0 aliphatic carbocycles. The third kappa shape index (κ3) is 8.29. The Morgan fingerprint density at radius 1 is 0.983 bits per heavy atom. The molecule has 2 aromatic carbocycles. The molecule has 0 bridgehead atoms. The second-order valence-electron chi connectivity index (χ2n) is 14.6. The zero-order valence-corrected chi connectivity index (χ0v) is 34.8. The second kappa shape index (κ2) is 17.5. The Morgan fingerprint density at radius 3 is 2.48 bits per heavy atom. The van der Waals surface area contributed by atoms with E-state index in [9.17, 15) is 33.6 Å². The van der Waals surface area contributed by atoms with Gasteiger partial charge in [0.25, 0.3) is 17.7 Å². The van der Waals surface area contributed by atoms with Gasteiger partial charge < -0.3 is 20.7 Å². The zero-order valence-electron chi connectivity index (χ0n) is 33.2. The van der Waals surface area contributed by atoms with Gasteiger partial charge in [-0.1, -0.05) is 29.8 Å². The molecule has 5 heterocycles. The maximum atomic E-state index is 13.7. The van der Waals surface area contributed by atoms with Crippen LogP contribution in [0.3, 0.4) is 0 Å². The standard InChI is InChI=1S/C41H42ClN9O8S/c1-20-21(2)60-41-33(20)35(23-11-13-24(42)14-12-23)46-27(36-49-48-22(3)50(36)41)18-31(53)45-26(37(55)43-4)9-5-6-17-44-32(54)19-59-29-10-7-8-25-34(29)40(58)51(39(25)57)28-15-16-30(52)47-38(28)56/h7-8,10-14,26-28H,5-6,9,15-19H2,1-4H3,(H,43,55)(H,44,54)(H,45,53)(H,47,52,56)/t26?,27-,28?/m0/s1. The lowest BCUT2D eigenvalue weighted by atomic mass is 9.99. The molecular weight excluding hydrogens is 814 g/mol. The average molecular weight is 856 g/mol. The first-order chi connectivity index (χ1) is 28.8. The van der Waals surface area contributed by atoms with Crippen molar-refractivity contribution in [3.05, 3.63) is 91.8 Å². The van der Waals surface area contributed by atoms with E-state index in [0.29, 0.717) is 35.2 Å². The van der Waals surface area contributed by atoms with E-state index < -0.39 is 60.2 Å². The number of benzene rings is 2. The normalized spacial score (nSPS) is 17.5. The lowest BCUT2D eigenvalue weighted by Crippen LogP contribution is -2.54. The maximum absolute atomic E-state index is 13.7. The Labute approximate surface area is 353 Å². The van der Waals surface area contributed by atoms with Crippen LogP contribution >= 0.6 is 22.9 Å². The van der Waals surface area contributed by atoms with Crippen LogP contribution < -0.4 is 26.0 Å². The molecule has 4 aromatic rings. The minimum absolute atomic E-state index is 0.00683. The van der Waals surface area contributed by atoms with Gasteiger partial charge in [-0.05, 0) is 76.3 Å². The minimum Gasteiger partial charge on any atom is -0.483 e. The number of nitrogens with one attached hydrogen (secondary N) is 4. The SMILES string of the molecule is CNC(=O)C(CCCCNC(=O)COc1cccc2c1C(=O)N(C1CCC(=O)NC1=O)C2=O)NC(=O)C[C@@H]1N=C(c2ccc(Cl)cc2)c2c(sc(C)c2C)-n2c(C)nnc21. The van der Waals surface area contributed by atoms with Crippen LogP contribution in [0.5, 0.6) is 5.75 Å². The smallest absolute Gasteiger partial charge is 0.266 e. The number of nitrogens with zero attached hydrogens (tertiary/aromatic N) is 5.